The number of nitrogens with zero attached hydrogens (tertiary/aromatic N) is 2. The van der Waals surface area contributed by atoms with Crippen molar-refractivity contribution in [3.63, 3.8) is 0 Å². The number of hydrogen-bond acceptors (Lipinski definition) is 3. The summed E-state index contributed by atoms with van der Waals surface area (Å²) in [6.07, 6.45) is 0. The smallest absolute Gasteiger partial charge is 0.233 e. The molecule has 1 heterocycles. The second-order valence-electron chi connectivity index (χ2n) is 1.63. The van der Waals surface area contributed by atoms with Crippen LogP contribution in [-0.4, -0.2) is 16.8 Å². The number of ether oxygens (including phenoxy) is 1. The normalized spacial score (nSPS) is 9.40. The zero-order valence-electron chi connectivity index (χ0n) is 5.54. The molecule has 0 amide bonds. The first kappa shape index (κ1) is 7.47. The monoisotopic (exact) mass is 202 g/mol. The van der Waals surface area contributed by atoms with Gasteiger partial charge in [-0.1, -0.05) is 0 Å². The standard InChI is InChI=1S/C6H7BrN2O/c1-2-10-6-4-3-5(7)8-9-6/h3-4H,2H2,1H3. The summed E-state index contributed by atoms with van der Waals surface area (Å²) >= 11 is 3.17. The van der Waals surface area contributed by atoms with Gasteiger partial charge in [-0.05, 0) is 28.9 Å². The molecule has 0 aliphatic heterocycles. The first-order valence-corrected chi connectivity index (χ1v) is 3.74. The Morgan fingerprint density at radius 3 is 2.80 bits per heavy atom. The van der Waals surface area contributed by atoms with Crippen molar-refractivity contribution in [3.8, 4) is 5.88 Å². The molecule has 0 aromatic carbocycles. The van der Waals surface area contributed by atoms with E-state index in [0.717, 1.165) is 4.60 Å². The van der Waals surface area contributed by atoms with Gasteiger partial charge in [-0.15, -0.1) is 10.2 Å². The van der Waals surface area contributed by atoms with E-state index in [0.29, 0.717) is 12.5 Å². The van der Waals surface area contributed by atoms with Gasteiger partial charge in [0.2, 0.25) is 5.88 Å². The zero-order chi connectivity index (χ0) is 7.40. The van der Waals surface area contributed by atoms with Gasteiger partial charge >= 0.3 is 0 Å². The number of rotatable bonds is 2. The van der Waals surface area contributed by atoms with Crippen LogP contribution in [0.3, 0.4) is 0 Å². The molecule has 3 nitrogen and oxygen atoms in total. The van der Waals surface area contributed by atoms with Crippen molar-refractivity contribution in [1.29, 1.82) is 0 Å². The van der Waals surface area contributed by atoms with Gasteiger partial charge in [-0.3, -0.25) is 0 Å². The lowest BCUT2D eigenvalue weighted by Gasteiger charge is -1.97. The van der Waals surface area contributed by atoms with Crippen molar-refractivity contribution in [2.24, 2.45) is 0 Å². The van der Waals surface area contributed by atoms with Crippen molar-refractivity contribution in [1.82, 2.24) is 10.2 Å². The predicted octanol–water partition coefficient (Wildman–Crippen LogP) is 1.64. The van der Waals surface area contributed by atoms with Crippen molar-refractivity contribution in [2.75, 3.05) is 6.61 Å². The van der Waals surface area contributed by atoms with E-state index in [1.807, 2.05) is 6.92 Å². The summed E-state index contributed by atoms with van der Waals surface area (Å²) in [6.45, 7) is 2.53. The van der Waals surface area contributed by atoms with Gasteiger partial charge in [0.1, 0.15) is 4.60 Å². The molecule has 0 unspecified atom stereocenters. The van der Waals surface area contributed by atoms with Gasteiger partial charge in [0.15, 0.2) is 0 Å². The van der Waals surface area contributed by atoms with Gasteiger partial charge in [-0.2, -0.15) is 0 Å². The van der Waals surface area contributed by atoms with Crippen LogP contribution in [-0.2, 0) is 0 Å². The highest BCUT2D eigenvalue weighted by Crippen LogP contribution is 2.08. The minimum Gasteiger partial charge on any atom is -0.477 e. The van der Waals surface area contributed by atoms with E-state index in [4.69, 9.17) is 4.74 Å². The predicted molar refractivity (Wildman–Crippen MR) is 40.9 cm³/mol. The average molecular weight is 203 g/mol. The molecule has 10 heavy (non-hydrogen) atoms. The highest BCUT2D eigenvalue weighted by molar-refractivity contribution is 9.10. The molecular formula is C6H7BrN2O. The zero-order valence-corrected chi connectivity index (χ0v) is 7.13. The summed E-state index contributed by atoms with van der Waals surface area (Å²) < 4.78 is 5.78. The van der Waals surface area contributed by atoms with Crippen molar-refractivity contribution >= 4 is 15.9 Å². The molecule has 1 aromatic rings. The van der Waals surface area contributed by atoms with E-state index in [1.165, 1.54) is 0 Å². The van der Waals surface area contributed by atoms with Crippen molar-refractivity contribution < 1.29 is 4.74 Å². The third-order valence-electron chi connectivity index (χ3n) is 0.900. The summed E-state index contributed by atoms with van der Waals surface area (Å²) in [5.74, 6) is 0.561. The van der Waals surface area contributed by atoms with Crippen molar-refractivity contribution in [2.45, 2.75) is 6.92 Å². The Kier molecular flexibility index (Phi) is 2.62. The maximum atomic E-state index is 5.07. The number of halogens is 1. The molecular weight excluding hydrogens is 196 g/mol. The molecule has 54 valence electrons. The van der Waals surface area contributed by atoms with Gasteiger partial charge in [0, 0.05) is 6.07 Å². The second-order valence-corrected chi connectivity index (χ2v) is 2.44. The molecule has 0 bridgehead atoms. The van der Waals surface area contributed by atoms with E-state index < -0.39 is 0 Å². The van der Waals surface area contributed by atoms with Crippen LogP contribution in [0.15, 0.2) is 16.7 Å². The fourth-order valence-electron chi connectivity index (χ4n) is 0.529. The molecule has 4 heteroatoms. The Morgan fingerprint density at radius 2 is 2.30 bits per heavy atom. The van der Waals surface area contributed by atoms with Crippen molar-refractivity contribution in [3.05, 3.63) is 16.7 Å². The molecule has 0 radical (unpaired) electrons. The maximum Gasteiger partial charge on any atom is 0.233 e. The van der Waals surface area contributed by atoms with Crippen LogP contribution in [0.25, 0.3) is 0 Å². The summed E-state index contributed by atoms with van der Waals surface area (Å²) in [5.41, 5.74) is 0. The van der Waals surface area contributed by atoms with Gasteiger partial charge in [0.05, 0.1) is 6.61 Å². The Bertz CT molecular complexity index is 199. The van der Waals surface area contributed by atoms with E-state index in [-0.39, 0.29) is 0 Å². The number of hydrogen-bond donors (Lipinski definition) is 0. The Morgan fingerprint density at radius 1 is 1.50 bits per heavy atom. The second kappa shape index (κ2) is 3.51. The molecule has 0 aliphatic rings. The first-order valence-electron chi connectivity index (χ1n) is 2.95. The van der Waals surface area contributed by atoms with Crippen LogP contribution in [0, 0.1) is 0 Å². The summed E-state index contributed by atoms with van der Waals surface area (Å²) in [5, 5.41) is 7.49. The van der Waals surface area contributed by atoms with Crippen LogP contribution in [0.5, 0.6) is 5.88 Å². The quantitative estimate of drug-likeness (QED) is 0.732. The van der Waals surface area contributed by atoms with Gasteiger partial charge in [-0.25, -0.2) is 0 Å². The highest BCUT2D eigenvalue weighted by Gasteiger charge is 1.92. The molecule has 0 saturated heterocycles. The molecule has 0 aliphatic carbocycles. The van der Waals surface area contributed by atoms with Crippen LogP contribution in [0.2, 0.25) is 0 Å². The van der Waals surface area contributed by atoms with E-state index in [9.17, 15) is 0 Å². The maximum absolute atomic E-state index is 5.07. The minimum atomic E-state index is 0.561. The molecule has 1 rings (SSSR count). The summed E-state index contributed by atoms with van der Waals surface area (Å²) in [7, 11) is 0. The van der Waals surface area contributed by atoms with E-state index in [1.54, 1.807) is 12.1 Å². The molecule has 0 saturated carbocycles. The lowest BCUT2D eigenvalue weighted by molar-refractivity contribution is 0.322. The Labute approximate surface area is 67.6 Å². The summed E-state index contributed by atoms with van der Waals surface area (Å²) in [6, 6.07) is 3.55. The minimum absolute atomic E-state index is 0.561. The molecule has 0 atom stereocenters. The third-order valence-corrected chi connectivity index (χ3v) is 1.32. The van der Waals surface area contributed by atoms with Crippen LogP contribution >= 0.6 is 15.9 Å². The van der Waals surface area contributed by atoms with Crippen LogP contribution in [0.1, 0.15) is 6.92 Å². The van der Waals surface area contributed by atoms with Gasteiger partial charge < -0.3 is 4.74 Å². The SMILES string of the molecule is CCOc1ccc(Br)nn1. The fraction of sp³-hybridized carbons (Fsp3) is 0.333. The number of aromatic nitrogens is 2. The third kappa shape index (κ3) is 1.95. The molecule has 0 spiro atoms. The molecule has 0 fully saturated rings. The lowest BCUT2D eigenvalue weighted by atomic mass is 10.6. The highest BCUT2D eigenvalue weighted by atomic mass is 79.9. The van der Waals surface area contributed by atoms with E-state index >= 15 is 0 Å². The van der Waals surface area contributed by atoms with Gasteiger partial charge in [0.25, 0.3) is 0 Å². The molecule has 0 N–H and O–H groups in total. The van der Waals surface area contributed by atoms with E-state index in [2.05, 4.69) is 26.1 Å². The fourth-order valence-corrected chi connectivity index (χ4v) is 0.740. The Balaban J connectivity index is 2.69. The lowest BCUT2D eigenvalue weighted by Crippen LogP contribution is -1.94. The first-order chi connectivity index (χ1) is 4.83. The van der Waals surface area contributed by atoms with Crippen LogP contribution < -0.4 is 4.74 Å². The molecule has 1 aromatic heterocycles. The topological polar surface area (TPSA) is 35.0 Å². The Hall–Kier alpha value is -0.640. The average Bonchev–Trinajstić information content (AvgIpc) is 1.95. The largest absolute Gasteiger partial charge is 0.477 e. The summed E-state index contributed by atoms with van der Waals surface area (Å²) in [4.78, 5) is 0. The van der Waals surface area contributed by atoms with Crippen LogP contribution in [0.4, 0.5) is 0 Å².